The van der Waals surface area contributed by atoms with Gasteiger partial charge < -0.3 is 9.47 Å². The van der Waals surface area contributed by atoms with Gasteiger partial charge in [0.15, 0.2) is 0 Å². The number of hydrogen-bond donors (Lipinski definition) is 0. The molecule has 0 saturated heterocycles. The highest BCUT2D eigenvalue weighted by Gasteiger charge is 2.00. The van der Waals surface area contributed by atoms with Crippen LogP contribution in [-0.4, -0.2) is 31.2 Å². The number of carbonyl (C=O) groups is 1. The van der Waals surface area contributed by atoms with Crippen LogP contribution in [0.15, 0.2) is 24.3 Å². The summed E-state index contributed by atoms with van der Waals surface area (Å²) in [6.45, 7) is 0.572. The molecule has 96 valence electrons. The van der Waals surface area contributed by atoms with Gasteiger partial charge in [-0.2, -0.15) is 17.0 Å². The van der Waals surface area contributed by atoms with Crippen molar-refractivity contribution in [1.29, 1.82) is 5.26 Å². The standard InChI is InChI=1S/C13H15NO3S/c1-16-13(15)10-18-7-3-6-17-12-5-2-4-11(8-12)9-14/h2,4-5,8H,3,6-7,10H2,1H3. The van der Waals surface area contributed by atoms with Crippen LogP contribution in [0.3, 0.4) is 0 Å². The summed E-state index contributed by atoms with van der Waals surface area (Å²) in [5.74, 6) is 1.71. The Kier molecular flexibility index (Phi) is 6.74. The number of benzene rings is 1. The smallest absolute Gasteiger partial charge is 0.315 e. The molecule has 0 radical (unpaired) electrons. The average Bonchev–Trinajstić information content (AvgIpc) is 2.42. The molecule has 0 amide bonds. The number of thioether (sulfide) groups is 1. The molecule has 0 spiro atoms. The quantitative estimate of drug-likeness (QED) is 0.559. The largest absolute Gasteiger partial charge is 0.494 e. The molecule has 0 aliphatic carbocycles. The molecule has 18 heavy (non-hydrogen) atoms. The first-order valence-corrected chi connectivity index (χ1v) is 6.69. The Balaban J connectivity index is 2.14. The summed E-state index contributed by atoms with van der Waals surface area (Å²) in [5, 5.41) is 8.73. The third kappa shape index (κ3) is 5.60. The fraction of sp³-hybridized carbons (Fsp3) is 0.385. The molecule has 0 N–H and O–H groups in total. The van der Waals surface area contributed by atoms with Crippen LogP contribution in [-0.2, 0) is 9.53 Å². The van der Waals surface area contributed by atoms with Crippen LogP contribution < -0.4 is 4.74 Å². The molecule has 0 saturated carbocycles. The van der Waals surface area contributed by atoms with Gasteiger partial charge in [0, 0.05) is 0 Å². The van der Waals surface area contributed by atoms with Crippen LogP contribution in [0.2, 0.25) is 0 Å². The van der Waals surface area contributed by atoms with E-state index in [-0.39, 0.29) is 5.97 Å². The van der Waals surface area contributed by atoms with E-state index in [1.807, 2.05) is 6.07 Å². The van der Waals surface area contributed by atoms with E-state index in [1.165, 1.54) is 18.9 Å². The number of methoxy groups -OCH3 is 1. The maximum Gasteiger partial charge on any atom is 0.315 e. The fourth-order valence-electron chi connectivity index (χ4n) is 1.22. The van der Waals surface area contributed by atoms with Gasteiger partial charge in [0.05, 0.1) is 31.1 Å². The fourth-order valence-corrected chi connectivity index (χ4v) is 1.97. The highest BCUT2D eigenvalue weighted by molar-refractivity contribution is 7.99. The molecule has 1 aromatic rings. The topological polar surface area (TPSA) is 59.3 Å². The van der Waals surface area contributed by atoms with Gasteiger partial charge in [-0.3, -0.25) is 4.79 Å². The second kappa shape index (κ2) is 8.43. The van der Waals surface area contributed by atoms with Crippen LogP contribution in [0.5, 0.6) is 5.75 Å². The number of esters is 1. The molecule has 0 heterocycles. The van der Waals surface area contributed by atoms with Crippen molar-refractivity contribution in [2.45, 2.75) is 6.42 Å². The third-order valence-corrected chi connectivity index (χ3v) is 3.13. The summed E-state index contributed by atoms with van der Waals surface area (Å²) < 4.78 is 10.0. The highest BCUT2D eigenvalue weighted by atomic mass is 32.2. The molecule has 0 bridgehead atoms. The Morgan fingerprint density at radius 2 is 2.33 bits per heavy atom. The van der Waals surface area contributed by atoms with Crippen molar-refractivity contribution < 1.29 is 14.3 Å². The lowest BCUT2D eigenvalue weighted by Crippen LogP contribution is -2.05. The first-order chi connectivity index (χ1) is 8.76. The summed E-state index contributed by atoms with van der Waals surface area (Å²) in [4.78, 5) is 10.8. The number of hydrogen-bond acceptors (Lipinski definition) is 5. The Bertz CT molecular complexity index is 428. The summed E-state index contributed by atoms with van der Waals surface area (Å²) in [7, 11) is 1.38. The lowest BCUT2D eigenvalue weighted by Gasteiger charge is -2.05. The van der Waals surface area contributed by atoms with E-state index >= 15 is 0 Å². The number of rotatable bonds is 7. The molecule has 5 heteroatoms. The van der Waals surface area contributed by atoms with E-state index in [0.717, 1.165) is 12.2 Å². The van der Waals surface area contributed by atoms with Crippen molar-refractivity contribution in [2.75, 3.05) is 25.2 Å². The molecule has 0 aromatic heterocycles. The zero-order valence-electron chi connectivity index (χ0n) is 10.2. The predicted molar refractivity (Wildman–Crippen MR) is 70.6 cm³/mol. The highest BCUT2D eigenvalue weighted by Crippen LogP contribution is 2.13. The molecular formula is C13H15NO3S. The van der Waals surface area contributed by atoms with Crippen molar-refractivity contribution in [3.8, 4) is 11.8 Å². The monoisotopic (exact) mass is 265 g/mol. The first kappa shape index (κ1) is 14.4. The molecular weight excluding hydrogens is 250 g/mol. The molecule has 4 nitrogen and oxygen atoms in total. The van der Waals surface area contributed by atoms with Crippen molar-refractivity contribution in [3.05, 3.63) is 29.8 Å². The van der Waals surface area contributed by atoms with Gasteiger partial charge in [0.1, 0.15) is 5.75 Å². The molecule has 0 unspecified atom stereocenters. The van der Waals surface area contributed by atoms with Gasteiger partial charge >= 0.3 is 5.97 Å². The lowest BCUT2D eigenvalue weighted by atomic mass is 10.2. The van der Waals surface area contributed by atoms with E-state index in [0.29, 0.717) is 23.7 Å². The van der Waals surface area contributed by atoms with Gasteiger partial charge in [-0.25, -0.2) is 0 Å². The van der Waals surface area contributed by atoms with Gasteiger partial charge in [0.25, 0.3) is 0 Å². The van der Waals surface area contributed by atoms with Crippen LogP contribution in [0.1, 0.15) is 12.0 Å². The third-order valence-electron chi connectivity index (χ3n) is 2.11. The Morgan fingerprint density at radius 1 is 1.50 bits per heavy atom. The van der Waals surface area contributed by atoms with Crippen LogP contribution >= 0.6 is 11.8 Å². The van der Waals surface area contributed by atoms with Crippen LogP contribution in [0, 0.1) is 11.3 Å². The zero-order valence-corrected chi connectivity index (χ0v) is 11.0. The predicted octanol–water partition coefficient (Wildman–Crippen LogP) is 2.23. The van der Waals surface area contributed by atoms with Crippen molar-refractivity contribution in [2.24, 2.45) is 0 Å². The van der Waals surface area contributed by atoms with Gasteiger partial charge in [-0.15, -0.1) is 0 Å². The zero-order chi connectivity index (χ0) is 13.2. The molecule has 1 rings (SSSR count). The number of nitriles is 1. The second-order valence-electron chi connectivity index (χ2n) is 3.47. The Labute approximate surface area is 111 Å². The van der Waals surface area contributed by atoms with Crippen LogP contribution in [0.4, 0.5) is 0 Å². The number of ether oxygens (including phenoxy) is 2. The molecule has 1 aromatic carbocycles. The SMILES string of the molecule is COC(=O)CSCCCOc1cccc(C#N)c1. The Hall–Kier alpha value is -1.67. The number of nitrogens with zero attached hydrogens (tertiary/aromatic N) is 1. The van der Waals surface area contributed by atoms with Crippen LogP contribution in [0.25, 0.3) is 0 Å². The van der Waals surface area contributed by atoms with E-state index in [2.05, 4.69) is 10.8 Å². The first-order valence-electron chi connectivity index (χ1n) is 5.54. The van der Waals surface area contributed by atoms with E-state index in [9.17, 15) is 4.79 Å². The maximum absolute atomic E-state index is 10.8. The van der Waals surface area contributed by atoms with E-state index in [1.54, 1.807) is 18.2 Å². The van der Waals surface area contributed by atoms with Crippen molar-refractivity contribution >= 4 is 17.7 Å². The summed E-state index contributed by atoms with van der Waals surface area (Å²) >= 11 is 1.52. The second-order valence-corrected chi connectivity index (χ2v) is 4.58. The summed E-state index contributed by atoms with van der Waals surface area (Å²) in [6.07, 6.45) is 0.846. The minimum absolute atomic E-state index is 0.206. The minimum Gasteiger partial charge on any atom is -0.494 e. The van der Waals surface area contributed by atoms with Crippen molar-refractivity contribution in [3.63, 3.8) is 0 Å². The van der Waals surface area contributed by atoms with E-state index in [4.69, 9.17) is 10.00 Å². The molecule has 0 aliphatic rings. The molecule has 0 fully saturated rings. The van der Waals surface area contributed by atoms with Gasteiger partial charge in [0.2, 0.25) is 0 Å². The Morgan fingerprint density at radius 3 is 3.06 bits per heavy atom. The minimum atomic E-state index is -0.206. The normalized spacial score (nSPS) is 9.56. The van der Waals surface area contributed by atoms with Gasteiger partial charge in [-0.05, 0) is 30.4 Å². The lowest BCUT2D eigenvalue weighted by molar-refractivity contribution is -0.137. The summed E-state index contributed by atoms with van der Waals surface area (Å²) in [6, 6.07) is 9.12. The van der Waals surface area contributed by atoms with Gasteiger partial charge in [-0.1, -0.05) is 6.07 Å². The average molecular weight is 265 g/mol. The molecule has 0 aliphatic heterocycles. The van der Waals surface area contributed by atoms with E-state index < -0.39 is 0 Å². The number of carbonyl (C=O) groups excluding carboxylic acids is 1. The summed E-state index contributed by atoms with van der Waals surface area (Å²) in [5.41, 5.74) is 0.590. The maximum atomic E-state index is 10.8. The molecule has 0 atom stereocenters. The van der Waals surface area contributed by atoms with Crippen molar-refractivity contribution in [1.82, 2.24) is 0 Å².